The maximum absolute atomic E-state index is 12.8. The molecule has 2 N–H and O–H groups in total. The summed E-state index contributed by atoms with van der Waals surface area (Å²) < 4.78 is 76.8. The van der Waals surface area contributed by atoms with Gasteiger partial charge in [-0.2, -0.15) is 26.3 Å². The molecule has 150 valence electrons. The maximum Gasteiger partial charge on any atom is 0.416 e. The van der Waals surface area contributed by atoms with Gasteiger partial charge in [0, 0.05) is 18.8 Å². The fourth-order valence-electron chi connectivity index (χ4n) is 2.17. The number of rotatable bonds is 6. The minimum Gasteiger partial charge on any atom is -0.376 e. The van der Waals surface area contributed by atoms with Gasteiger partial charge in [0.2, 0.25) is 11.8 Å². The predicted molar refractivity (Wildman–Crippen MR) is 83.7 cm³/mol. The Hall–Kier alpha value is -2.46. The lowest BCUT2D eigenvalue weighted by Crippen LogP contribution is -2.41. The molecule has 0 atom stereocenters. The van der Waals surface area contributed by atoms with Gasteiger partial charge in [-0.25, -0.2) is 0 Å². The van der Waals surface area contributed by atoms with Crippen molar-refractivity contribution in [3.05, 3.63) is 29.3 Å². The van der Waals surface area contributed by atoms with Crippen molar-refractivity contribution in [2.75, 3.05) is 25.5 Å². The van der Waals surface area contributed by atoms with Gasteiger partial charge in [-0.15, -0.1) is 0 Å². The van der Waals surface area contributed by atoms with Crippen LogP contribution in [0.1, 0.15) is 24.0 Å². The molecule has 27 heavy (non-hydrogen) atoms. The van der Waals surface area contributed by atoms with E-state index in [-0.39, 0.29) is 24.6 Å². The molecule has 5 nitrogen and oxygen atoms in total. The first kappa shape index (κ1) is 20.8. The smallest absolute Gasteiger partial charge is 0.376 e. The van der Waals surface area contributed by atoms with Crippen LogP contribution in [-0.2, 0) is 21.9 Å². The van der Waals surface area contributed by atoms with E-state index in [9.17, 15) is 35.9 Å². The van der Waals surface area contributed by atoms with Gasteiger partial charge in [0.1, 0.15) is 0 Å². The summed E-state index contributed by atoms with van der Waals surface area (Å²) in [6.07, 6.45) is -8.22. The first-order valence-electron chi connectivity index (χ1n) is 7.93. The highest BCUT2D eigenvalue weighted by atomic mass is 19.4. The molecule has 0 saturated heterocycles. The van der Waals surface area contributed by atoms with Gasteiger partial charge in [0.05, 0.1) is 24.2 Å². The van der Waals surface area contributed by atoms with Gasteiger partial charge < -0.3 is 15.5 Å². The van der Waals surface area contributed by atoms with Gasteiger partial charge in [0.15, 0.2) is 0 Å². The highest BCUT2D eigenvalue weighted by molar-refractivity contribution is 5.86. The van der Waals surface area contributed by atoms with Crippen LogP contribution in [0.5, 0.6) is 0 Å². The molecule has 0 spiro atoms. The highest BCUT2D eigenvalue weighted by Gasteiger charge is 2.37. The van der Waals surface area contributed by atoms with Crippen LogP contribution in [0.3, 0.4) is 0 Å². The third-order valence-corrected chi connectivity index (χ3v) is 3.78. The zero-order valence-electron chi connectivity index (χ0n) is 14.2. The SMILES string of the molecule is CN(CC(=O)NC1CC1)C(=O)CNc1cc(C(F)(F)F)cc(C(F)(F)F)c1. The van der Waals surface area contributed by atoms with Crippen LogP contribution in [-0.4, -0.2) is 42.9 Å². The molecular weight excluding hydrogens is 380 g/mol. The van der Waals surface area contributed by atoms with Gasteiger partial charge >= 0.3 is 12.4 Å². The Bertz CT molecular complexity index is 681. The number of halogens is 6. The van der Waals surface area contributed by atoms with Crippen LogP contribution in [0.15, 0.2) is 18.2 Å². The van der Waals surface area contributed by atoms with E-state index in [1.54, 1.807) is 0 Å². The van der Waals surface area contributed by atoms with Crippen molar-refractivity contribution in [3.8, 4) is 0 Å². The van der Waals surface area contributed by atoms with Gasteiger partial charge in [0.25, 0.3) is 0 Å². The Kier molecular flexibility index (Phi) is 5.91. The van der Waals surface area contributed by atoms with Crippen molar-refractivity contribution in [1.29, 1.82) is 0 Å². The quantitative estimate of drug-likeness (QED) is 0.726. The minimum absolute atomic E-state index is 0.00133. The van der Waals surface area contributed by atoms with Gasteiger partial charge in [-0.05, 0) is 31.0 Å². The molecule has 11 heteroatoms. The number of likely N-dealkylation sites (N-methyl/N-ethyl adjacent to an activating group) is 1. The molecule has 0 aliphatic heterocycles. The average Bonchev–Trinajstić information content (AvgIpc) is 3.34. The molecular formula is C16H17F6N3O2. The van der Waals surface area contributed by atoms with Crippen molar-refractivity contribution in [2.45, 2.75) is 31.2 Å². The molecule has 0 radical (unpaired) electrons. The monoisotopic (exact) mass is 397 g/mol. The second-order valence-corrected chi connectivity index (χ2v) is 6.24. The van der Waals surface area contributed by atoms with E-state index in [1.807, 2.05) is 0 Å². The van der Waals surface area contributed by atoms with E-state index in [0.29, 0.717) is 12.1 Å². The Morgan fingerprint density at radius 3 is 2.00 bits per heavy atom. The van der Waals surface area contributed by atoms with Crippen molar-refractivity contribution in [3.63, 3.8) is 0 Å². The maximum atomic E-state index is 12.8. The Balaban J connectivity index is 2.02. The summed E-state index contributed by atoms with van der Waals surface area (Å²) in [6.45, 7) is -0.820. The number of benzene rings is 1. The molecule has 1 aliphatic carbocycles. The summed E-state index contributed by atoms with van der Waals surface area (Å²) in [4.78, 5) is 24.6. The number of nitrogens with zero attached hydrogens (tertiary/aromatic N) is 1. The Labute approximate surface area is 150 Å². The van der Waals surface area contributed by atoms with Crippen molar-refractivity contribution in [1.82, 2.24) is 10.2 Å². The van der Waals surface area contributed by atoms with E-state index < -0.39 is 41.6 Å². The number of hydrogen-bond donors (Lipinski definition) is 2. The third-order valence-electron chi connectivity index (χ3n) is 3.78. The summed E-state index contributed by atoms with van der Waals surface area (Å²) in [5.41, 5.74) is -3.46. The molecule has 1 aromatic rings. The van der Waals surface area contributed by atoms with Crippen molar-refractivity contribution in [2.24, 2.45) is 0 Å². The van der Waals surface area contributed by atoms with Crippen LogP contribution in [0.25, 0.3) is 0 Å². The second kappa shape index (κ2) is 7.65. The summed E-state index contributed by atoms with van der Waals surface area (Å²) in [5.74, 6) is -1.04. The highest BCUT2D eigenvalue weighted by Crippen LogP contribution is 2.37. The molecule has 1 aromatic carbocycles. The van der Waals surface area contributed by atoms with E-state index in [2.05, 4.69) is 10.6 Å². The number of carbonyl (C=O) groups excluding carboxylic acids is 2. The van der Waals surface area contributed by atoms with Gasteiger partial charge in [-0.1, -0.05) is 0 Å². The second-order valence-electron chi connectivity index (χ2n) is 6.24. The standard InChI is InChI=1S/C16H17F6N3O2/c1-25(8-13(26)24-11-2-3-11)14(27)7-23-12-5-9(15(17,18)19)4-10(6-12)16(20,21)22/h4-6,11,23H,2-3,7-8H2,1H3,(H,24,26). The molecule has 2 amide bonds. The number of amides is 2. The summed E-state index contributed by atoms with van der Waals surface area (Å²) in [6, 6.07) is 1.08. The molecule has 2 rings (SSSR count). The predicted octanol–water partition coefficient (Wildman–Crippen LogP) is 2.87. The van der Waals surface area contributed by atoms with Gasteiger partial charge in [-0.3, -0.25) is 9.59 Å². The first-order valence-corrected chi connectivity index (χ1v) is 7.93. The largest absolute Gasteiger partial charge is 0.416 e. The molecule has 0 unspecified atom stereocenters. The first-order chi connectivity index (χ1) is 12.4. The van der Waals surface area contributed by atoms with Crippen molar-refractivity contribution < 1.29 is 35.9 Å². The lowest BCUT2D eigenvalue weighted by Gasteiger charge is -2.18. The summed E-state index contributed by atoms with van der Waals surface area (Å²) in [5, 5.41) is 4.91. The van der Waals surface area contributed by atoms with Crippen molar-refractivity contribution >= 4 is 17.5 Å². The number of anilines is 1. The van der Waals surface area contributed by atoms with Crippen LogP contribution in [0, 0.1) is 0 Å². The number of alkyl halides is 6. The molecule has 0 aromatic heterocycles. The van der Waals surface area contributed by atoms with E-state index in [4.69, 9.17) is 0 Å². The summed E-state index contributed by atoms with van der Waals surface area (Å²) in [7, 11) is 1.31. The topological polar surface area (TPSA) is 61.4 Å². The van der Waals surface area contributed by atoms with Crippen LogP contribution < -0.4 is 10.6 Å². The van der Waals surface area contributed by atoms with E-state index in [1.165, 1.54) is 7.05 Å². The number of nitrogens with one attached hydrogen (secondary N) is 2. The zero-order valence-corrected chi connectivity index (χ0v) is 14.2. The normalized spacial score (nSPS) is 14.6. The molecule has 1 fully saturated rings. The molecule has 1 aliphatic rings. The average molecular weight is 397 g/mol. The molecule has 0 heterocycles. The Morgan fingerprint density at radius 1 is 1.04 bits per heavy atom. The van der Waals surface area contributed by atoms with E-state index >= 15 is 0 Å². The lowest BCUT2D eigenvalue weighted by molar-refractivity contribution is -0.143. The third kappa shape index (κ3) is 6.33. The Morgan fingerprint density at radius 2 is 1.56 bits per heavy atom. The van der Waals surface area contributed by atoms with E-state index in [0.717, 1.165) is 17.7 Å². The fourth-order valence-corrected chi connectivity index (χ4v) is 2.17. The number of hydrogen-bond acceptors (Lipinski definition) is 3. The fraction of sp³-hybridized carbons (Fsp3) is 0.500. The van der Waals surface area contributed by atoms with Crippen LogP contribution in [0.2, 0.25) is 0 Å². The number of carbonyl (C=O) groups is 2. The van der Waals surface area contributed by atoms with Crippen LogP contribution >= 0.6 is 0 Å². The lowest BCUT2D eigenvalue weighted by atomic mass is 10.1. The van der Waals surface area contributed by atoms with Crippen LogP contribution in [0.4, 0.5) is 32.0 Å². The molecule has 1 saturated carbocycles. The summed E-state index contributed by atoms with van der Waals surface area (Å²) >= 11 is 0. The zero-order chi connectivity index (χ0) is 20.4. The molecule has 0 bridgehead atoms. The minimum atomic E-state index is -4.97.